The molecule has 0 unspecified atom stereocenters. The van der Waals surface area contributed by atoms with Crippen LogP contribution in [0.15, 0.2) is 29.4 Å². The number of hydrogen-bond acceptors (Lipinski definition) is 4. The highest BCUT2D eigenvalue weighted by Gasteiger charge is 2.03. The Balaban J connectivity index is 2.49. The molecule has 3 N–H and O–H groups in total. The van der Waals surface area contributed by atoms with Gasteiger partial charge in [0.1, 0.15) is 11.6 Å². The standard InChI is InChI=1S/C12H14N4O2/c1-18-10-4-2-9(3-5-10)8-12(17)16-15-11(14)6-7-13/h2-5H,6,8H2,1H3,(H2,14,15)(H,16,17). The normalized spacial score (nSPS) is 10.6. The molecule has 0 fully saturated rings. The lowest BCUT2D eigenvalue weighted by atomic mass is 10.1. The number of nitrogens with zero attached hydrogens (tertiary/aromatic N) is 2. The Morgan fingerprint density at radius 3 is 2.72 bits per heavy atom. The maximum Gasteiger partial charge on any atom is 0.244 e. The molecule has 0 aliphatic carbocycles. The zero-order valence-electron chi connectivity index (χ0n) is 10.0. The summed E-state index contributed by atoms with van der Waals surface area (Å²) in [5.74, 6) is 0.525. The molecule has 0 radical (unpaired) electrons. The minimum Gasteiger partial charge on any atom is -0.497 e. The van der Waals surface area contributed by atoms with E-state index in [4.69, 9.17) is 15.7 Å². The summed E-state index contributed by atoms with van der Waals surface area (Å²) in [4.78, 5) is 11.5. The van der Waals surface area contributed by atoms with Crippen LogP contribution in [0.1, 0.15) is 12.0 Å². The van der Waals surface area contributed by atoms with Gasteiger partial charge in [0, 0.05) is 0 Å². The minimum atomic E-state index is -0.291. The molecule has 0 atom stereocenters. The number of nitrogens with one attached hydrogen (secondary N) is 1. The summed E-state index contributed by atoms with van der Waals surface area (Å²) in [7, 11) is 1.58. The lowest BCUT2D eigenvalue weighted by molar-refractivity contribution is -0.120. The van der Waals surface area contributed by atoms with Crippen molar-refractivity contribution < 1.29 is 9.53 Å². The Labute approximate surface area is 105 Å². The van der Waals surface area contributed by atoms with Crippen LogP contribution in [0.4, 0.5) is 0 Å². The van der Waals surface area contributed by atoms with Gasteiger partial charge in [-0.25, -0.2) is 5.43 Å². The van der Waals surface area contributed by atoms with Gasteiger partial charge in [-0.1, -0.05) is 12.1 Å². The van der Waals surface area contributed by atoms with E-state index in [1.807, 2.05) is 6.07 Å². The Hall–Kier alpha value is -2.55. The molecule has 0 saturated heterocycles. The second-order valence-corrected chi connectivity index (χ2v) is 3.50. The molecule has 1 aromatic rings. The second kappa shape index (κ2) is 6.91. The van der Waals surface area contributed by atoms with Gasteiger partial charge in [0.15, 0.2) is 0 Å². The monoisotopic (exact) mass is 246 g/mol. The quantitative estimate of drug-likeness (QED) is 0.450. The van der Waals surface area contributed by atoms with Gasteiger partial charge < -0.3 is 10.5 Å². The van der Waals surface area contributed by atoms with Crippen LogP contribution in [-0.4, -0.2) is 18.9 Å². The van der Waals surface area contributed by atoms with Crippen LogP contribution in [0.5, 0.6) is 5.75 Å². The summed E-state index contributed by atoms with van der Waals surface area (Å²) in [6.07, 6.45) is 0.177. The number of nitrogens with two attached hydrogens (primary N) is 1. The number of rotatable bonds is 5. The Bertz CT molecular complexity index is 474. The van der Waals surface area contributed by atoms with Gasteiger partial charge in [-0.2, -0.15) is 10.4 Å². The predicted octanol–water partition coefficient (Wildman–Crippen LogP) is 0.540. The Morgan fingerprint density at radius 1 is 1.50 bits per heavy atom. The highest BCUT2D eigenvalue weighted by Crippen LogP contribution is 2.11. The summed E-state index contributed by atoms with van der Waals surface area (Å²) in [5, 5.41) is 11.9. The van der Waals surface area contributed by atoms with Gasteiger partial charge in [0.25, 0.3) is 0 Å². The maximum atomic E-state index is 11.5. The fourth-order valence-electron chi connectivity index (χ4n) is 1.22. The summed E-state index contributed by atoms with van der Waals surface area (Å²) in [6.45, 7) is 0. The molecule has 1 aromatic carbocycles. The number of ether oxygens (including phenoxy) is 1. The molecule has 0 saturated carbocycles. The highest BCUT2D eigenvalue weighted by atomic mass is 16.5. The molecule has 0 aromatic heterocycles. The number of amides is 1. The first-order valence-corrected chi connectivity index (χ1v) is 5.26. The minimum absolute atomic E-state index is 0.0111. The van der Waals surface area contributed by atoms with Crippen molar-refractivity contribution >= 4 is 11.7 Å². The van der Waals surface area contributed by atoms with E-state index in [1.54, 1.807) is 31.4 Å². The van der Waals surface area contributed by atoms with Crippen molar-refractivity contribution in [3.05, 3.63) is 29.8 Å². The number of methoxy groups -OCH3 is 1. The van der Waals surface area contributed by atoms with Crippen molar-refractivity contribution in [3.8, 4) is 11.8 Å². The first-order chi connectivity index (χ1) is 8.65. The fraction of sp³-hybridized carbons (Fsp3) is 0.250. The van der Waals surface area contributed by atoms with Gasteiger partial charge >= 0.3 is 0 Å². The van der Waals surface area contributed by atoms with Gasteiger partial charge in [-0.15, -0.1) is 0 Å². The molecule has 1 rings (SSSR count). The van der Waals surface area contributed by atoms with Crippen molar-refractivity contribution in [1.29, 1.82) is 5.26 Å². The molecule has 94 valence electrons. The third kappa shape index (κ3) is 4.53. The fourth-order valence-corrected chi connectivity index (χ4v) is 1.22. The van der Waals surface area contributed by atoms with Crippen molar-refractivity contribution in [2.45, 2.75) is 12.8 Å². The first kappa shape index (κ1) is 13.5. The lowest BCUT2D eigenvalue weighted by Gasteiger charge is -2.03. The molecular formula is C12H14N4O2. The third-order valence-electron chi connectivity index (χ3n) is 2.11. The van der Waals surface area contributed by atoms with E-state index in [9.17, 15) is 4.79 Å². The summed E-state index contributed by atoms with van der Waals surface area (Å²) >= 11 is 0. The average Bonchev–Trinajstić information content (AvgIpc) is 2.38. The number of hydrogen-bond donors (Lipinski definition) is 2. The van der Waals surface area contributed by atoms with Crippen LogP contribution < -0.4 is 15.9 Å². The van der Waals surface area contributed by atoms with Crippen molar-refractivity contribution in [3.63, 3.8) is 0 Å². The van der Waals surface area contributed by atoms with Gasteiger partial charge in [0.2, 0.25) is 5.91 Å². The second-order valence-electron chi connectivity index (χ2n) is 3.50. The van der Waals surface area contributed by atoms with E-state index in [1.165, 1.54) is 0 Å². The van der Waals surface area contributed by atoms with E-state index in [2.05, 4.69) is 10.5 Å². The van der Waals surface area contributed by atoms with Crippen molar-refractivity contribution in [1.82, 2.24) is 5.43 Å². The van der Waals surface area contributed by atoms with E-state index in [0.717, 1.165) is 11.3 Å². The smallest absolute Gasteiger partial charge is 0.244 e. The molecule has 6 nitrogen and oxygen atoms in total. The highest BCUT2D eigenvalue weighted by molar-refractivity contribution is 5.85. The van der Waals surface area contributed by atoms with E-state index >= 15 is 0 Å². The van der Waals surface area contributed by atoms with Crippen molar-refractivity contribution in [2.75, 3.05) is 7.11 Å². The van der Waals surface area contributed by atoms with E-state index in [-0.39, 0.29) is 24.6 Å². The third-order valence-corrected chi connectivity index (χ3v) is 2.11. The van der Waals surface area contributed by atoms with Gasteiger partial charge in [-0.05, 0) is 17.7 Å². The van der Waals surface area contributed by atoms with Crippen LogP contribution in [-0.2, 0) is 11.2 Å². The van der Waals surface area contributed by atoms with Crippen LogP contribution in [0.3, 0.4) is 0 Å². The molecule has 0 bridgehead atoms. The van der Waals surface area contributed by atoms with Crippen LogP contribution >= 0.6 is 0 Å². The van der Waals surface area contributed by atoms with E-state index in [0.29, 0.717) is 0 Å². The molecule has 1 amide bonds. The molecular weight excluding hydrogens is 232 g/mol. The number of hydrazone groups is 1. The molecule has 6 heteroatoms. The number of benzene rings is 1. The SMILES string of the molecule is COc1ccc(CC(=O)N/N=C(/N)CC#N)cc1. The van der Waals surface area contributed by atoms with Crippen LogP contribution in [0.25, 0.3) is 0 Å². The molecule has 0 aliphatic heterocycles. The maximum absolute atomic E-state index is 11.5. The van der Waals surface area contributed by atoms with Gasteiger partial charge in [-0.3, -0.25) is 4.79 Å². The zero-order chi connectivity index (χ0) is 13.4. The van der Waals surface area contributed by atoms with Gasteiger partial charge in [0.05, 0.1) is 26.0 Å². The predicted molar refractivity (Wildman–Crippen MR) is 66.7 cm³/mol. The number of carbonyl (C=O) groups is 1. The number of amidine groups is 1. The largest absolute Gasteiger partial charge is 0.497 e. The Morgan fingerprint density at radius 2 is 2.17 bits per heavy atom. The summed E-state index contributed by atoms with van der Waals surface area (Å²) < 4.78 is 5.01. The molecule has 0 aliphatic rings. The van der Waals surface area contributed by atoms with Crippen LogP contribution in [0, 0.1) is 11.3 Å². The Kier molecular flexibility index (Phi) is 5.19. The number of carbonyl (C=O) groups excluding carboxylic acids is 1. The summed E-state index contributed by atoms with van der Waals surface area (Å²) in [5.41, 5.74) is 8.48. The average molecular weight is 246 g/mol. The van der Waals surface area contributed by atoms with Crippen LogP contribution in [0.2, 0.25) is 0 Å². The topological polar surface area (TPSA) is 100 Å². The summed E-state index contributed by atoms with van der Waals surface area (Å²) in [6, 6.07) is 8.96. The first-order valence-electron chi connectivity index (χ1n) is 5.26. The van der Waals surface area contributed by atoms with Crippen molar-refractivity contribution in [2.24, 2.45) is 10.8 Å². The molecule has 0 spiro atoms. The number of nitriles is 1. The lowest BCUT2D eigenvalue weighted by Crippen LogP contribution is -2.24. The molecule has 0 heterocycles. The molecule has 18 heavy (non-hydrogen) atoms. The zero-order valence-corrected chi connectivity index (χ0v) is 10.0. The van der Waals surface area contributed by atoms with E-state index < -0.39 is 0 Å².